The van der Waals surface area contributed by atoms with Crippen LogP contribution in [0.5, 0.6) is 0 Å². The molecule has 0 fully saturated rings. The highest BCUT2D eigenvalue weighted by molar-refractivity contribution is 6.33. The quantitative estimate of drug-likeness (QED) is 0.828. The third-order valence-corrected chi connectivity index (χ3v) is 3.29. The molecule has 0 radical (unpaired) electrons. The molecule has 2 unspecified atom stereocenters. The van der Waals surface area contributed by atoms with Crippen LogP contribution in [0.25, 0.3) is 0 Å². The molecule has 0 aliphatic carbocycles. The van der Waals surface area contributed by atoms with Gasteiger partial charge in [-0.05, 0) is 37.1 Å². The molecule has 0 aliphatic rings. The highest BCUT2D eigenvalue weighted by Gasteiger charge is 2.11. The first-order valence-electron chi connectivity index (χ1n) is 5.91. The zero-order valence-electron chi connectivity index (χ0n) is 10.2. The third-order valence-electron chi connectivity index (χ3n) is 2.71. The van der Waals surface area contributed by atoms with Gasteiger partial charge in [0.15, 0.2) is 0 Å². The molecule has 2 N–H and O–H groups in total. The molecule has 0 amide bonds. The fourth-order valence-corrected chi connectivity index (χ4v) is 2.17. The van der Waals surface area contributed by atoms with Crippen LogP contribution in [0.4, 0.5) is 0 Å². The molecule has 0 spiro atoms. The highest BCUT2D eigenvalue weighted by atomic mass is 35.5. The lowest BCUT2D eigenvalue weighted by molar-refractivity contribution is 0.157. The van der Waals surface area contributed by atoms with Crippen LogP contribution in [0.1, 0.15) is 38.3 Å². The van der Waals surface area contributed by atoms with E-state index >= 15 is 0 Å². The summed E-state index contributed by atoms with van der Waals surface area (Å²) in [6, 6.07) is 5.49. The molecule has 96 valence electrons. The maximum absolute atomic E-state index is 9.65. The van der Waals surface area contributed by atoms with Gasteiger partial charge in [-0.2, -0.15) is 0 Å². The lowest BCUT2D eigenvalue weighted by Gasteiger charge is -2.18. The summed E-state index contributed by atoms with van der Waals surface area (Å²) in [5.41, 5.74) is 0.961. The Morgan fingerprint density at radius 3 is 2.71 bits per heavy atom. The van der Waals surface area contributed by atoms with Gasteiger partial charge in [-0.1, -0.05) is 36.5 Å². The van der Waals surface area contributed by atoms with Gasteiger partial charge < -0.3 is 10.4 Å². The minimum atomic E-state index is -0.305. The molecule has 0 heterocycles. The zero-order valence-corrected chi connectivity index (χ0v) is 11.7. The van der Waals surface area contributed by atoms with Gasteiger partial charge in [-0.15, -0.1) is 0 Å². The molecule has 17 heavy (non-hydrogen) atoms. The maximum atomic E-state index is 9.65. The molecule has 0 bridgehead atoms. The molecule has 1 rings (SSSR count). The van der Waals surface area contributed by atoms with E-state index in [0.717, 1.165) is 18.4 Å². The Bertz CT molecular complexity index is 357. The lowest BCUT2D eigenvalue weighted by atomic mass is 10.1. The summed E-state index contributed by atoms with van der Waals surface area (Å²) in [5.74, 6) is 0. The van der Waals surface area contributed by atoms with Crippen LogP contribution < -0.4 is 5.32 Å². The molecule has 2 atom stereocenters. The minimum Gasteiger partial charge on any atom is -0.392 e. The standard InChI is InChI=1S/C13H19Cl2NO/c1-3-4-11(17)8-16-9(2)12-7-10(14)5-6-13(12)15/h5-7,9,11,16-17H,3-4,8H2,1-2H3. The van der Waals surface area contributed by atoms with Crippen LogP contribution in [-0.4, -0.2) is 17.8 Å². The van der Waals surface area contributed by atoms with Crippen molar-refractivity contribution in [2.24, 2.45) is 0 Å². The lowest BCUT2D eigenvalue weighted by Crippen LogP contribution is -2.29. The second kappa shape index (κ2) is 7.22. The number of hydrogen-bond acceptors (Lipinski definition) is 2. The SMILES string of the molecule is CCCC(O)CNC(C)c1cc(Cl)ccc1Cl. The monoisotopic (exact) mass is 275 g/mol. The molecule has 1 aromatic rings. The number of aliphatic hydroxyl groups is 1. The molecule has 0 aliphatic heterocycles. The van der Waals surface area contributed by atoms with Crippen LogP contribution in [0.15, 0.2) is 18.2 Å². The van der Waals surface area contributed by atoms with E-state index in [2.05, 4.69) is 12.2 Å². The van der Waals surface area contributed by atoms with Gasteiger partial charge >= 0.3 is 0 Å². The Balaban J connectivity index is 2.57. The van der Waals surface area contributed by atoms with Crippen molar-refractivity contribution in [1.29, 1.82) is 0 Å². The summed E-state index contributed by atoms with van der Waals surface area (Å²) in [6.45, 7) is 4.63. The first kappa shape index (κ1) is 14.8. The maximum Gasteiger partial charge on any atom is 0.0664 e. The first-order valence-corrected chi connectivity index (χ1v) is 6.66. The molecule has 2 nitrogen and oxygen atoms in total. The second-order valence-electron chi connectivity index (χ2n) is 4.24. The van der Waals surface area contributed by atoms with E-state index in [1.807, 2.05) is 13.0 Å². The van der Waals surface area contributed by atoms with E-state index in [9.17, 15) is 5.11 Å². The summed E-state index contributed by atoms with van der Waals surface area (Å²) >= 11 is 12.0. The van der Waals surface area contributed by atoms with Crippen molar-refractivity contribution in [1.82, 2.24) is 5.32 Å². The molecule has 1 aromatic carbocycles. The van der Waals surface area contributed by atoms with Crippen molar-refractivity contribution in [2.45, 2.75) is 38.8 Å². The van der Waals surface area contributed by atoms with Gasteiger partial charge in [-0.25, -0.2) is 0 Å². The van der Waals surface area contributed by atoms with Crippen LogP contribution in [-0.2, 0) is 0 Å². The largest absolute Gasteiger partial charge is 0.392 e. The van der Waals surface area contributed by atoms with Crippen molar-refractivity contribution < 1.29 is 5.11 Å². The first-order chi connectivity index (χ1) is 8.04. The Morgan fingerprint density at radius 2 is 2.06 bits per heavy atom. The second-order valence-corrected chi connectivity index (χ2v) is 5.08. The Kier molecular flexibility index (Phi) is 6.28. The van der Waals surface area contributed by atoms with Gasteiger partial charge in [0.2, 0.25) is 0 Å². The van der Waals surface area contributed by atoms with Gasteiger partial charge in [0, 0.05) is 22.6 Å². The van der Waals surface area contributed by atoms with Gasteiger partial charge in [0.25, 0.3) is 0 Å². The summed E-state index contributed by atoms with van der Waals surface area (Å²) in [5, 5.41) is 14.3. The molecule has 4 heteroatoms. The minimum absolute atomic E-state index is 0.0766. The average Bonchev–Trinajstić information content (AvgIpc) is 2.29. The van der Waals surface area contributed by atoms with Gasteiger partial charge in [0.1, 0.15) is 0 Å². The van der Waals surface area contributed by atoms with Gasteiger partial charge in [-0.3, -0.25) is 0 Å². The third kappa shape index (κ3) is 4.84. The molecular weight excluding hydrogens is 257 g/mol. The number of rotatable bonds is 6. The van der Waals surface area contributed by atoms with E-state index in [1.54, 1.807) is 12.1 Å². The van der Waals surface area contributed by atoms with E-state index in [4.69, 9.17) is 23.2 Å². The molecule has 0 saturated carbocycles. The number of hydrogen-bond donors (Lipinski definition) is 2. The van der Waals surface area contributed by atoms with Crippen molar-refractivity contribution in [3.05, 3.63) is 33.8 Å². The van der Waals surface area contributed by atoms with Crippen molar-refractivity contribution >= 4 is 23.2 Å². The summed E-state index contributed by atoms with van der Waals surface area (Å²) in [7, 11) is 0. The van der Waals surface area contributed by atoms with E-state index in [0.29, 0.717) is 16.6 Å². The van der Waals surface area contributed by atoms with Crippen LogP contribution >= 0.6 is 23.2 Å². The summed E-state index contributed by atoms with van der Waals surface area (Å²) in [6.07, 6.45) is 1.48. The summed E-state index contributed by atoms with van der Waals surface area (Å²) < 4.78 is 0. The predicted octanol–water partition coefficient (Wildman–Crippen LogP) is 3.81. The predicted molar refractivity (Wildman–Crippen MR) is 73.8 cm³/mol. The van der Waals surface area contributed by atoms with Crippen molar-refractivity contribution in [2.75, 3.05) is 6.54 Å². The topological polar surface area (TPSA) is 32.3 Å². The Labute approximate surface area is 113 Å². The number of halogens is 2. The number of aliphatic hydroxyl groups excluding tert-OH is 1. The normalized spacial score (nSPS) is 14.6. The number of benzene rings is 1. The average molecular weight is 276 g/mol. The summed E-state index contributed by atoms with van der Waals surface area (Å²) in [4.78, 5) is 0. The fourth-order valence-electron chi connectivity index (χ4n) is 1.70. The van der Waals surface area contributed by atoms with Crippen LogP contribution in [0.3, 0.4) is 0 Å². The fraction of sp³-hybridized carbons (Fsp3) is 0.538. The van der Waals surface area contributed by atoms with Crippen LogP contribution in [0.2, 0.25) is 10.0 Å². The van der Waals surface area contributed by atoms with E-state index in [-0.39, 0.29) is 12.1 Å². The zero-order chi connectivity index (χ0) is 12.8. The van der Waals surface area contributed by atoms with E-state index in [1.165, 1.54) is 0 Å². The smallest absolute Gasteiger partial charge is 0.0664 e. The Hall–Kier alpha value is -0.280. The highest BCUT2D eigenvalue weighted by Crippen LogP contribution is 2.26. The molecule has 0 aromatic heterocycles. The molecule has 0 saturated heterocycles. The Morgan fingerprint density at radius 1 is 1.35 bits per heavy atom. The number of nitrogens with one attached hydrogen (secondary N) is 1. The van der Waals surface area contributed by atoms with E-state index < -0.39 is 0 Å². The van der Waals surface area contributed by atoms with Crippen LogP contribution in [0, 0.1) is 0 Å². The van der Waals surface area contributed by atoms with Crippen molar-refractivity contribution in [3.63, 3.8) is 0 Å². The van der Waals surface area contributed by atoms with Gasteiger partial charge in [0.05, 0.1) is 6.10 Å². The molecular formula is C13H19Cl2NO. The van der Waals surface area contributed by atoms with Crippen molar-refractivity contribution in [3.8, 4) is 0 Å².